The van der Waals surface area contributed by atoms with E-state index in [1.165, 1.54) is 31.2 Å². The normalized spacial score (nSPS) is 24.6. The molecule has 0 bridgehead atoms. The summed E-state index contributed by atoms with van der Waals surface area (Å²) in [5.74, 6) is 1.76. The lowest BCUT2D eigenvalue weighted by molar-refractivity contribution is 0.361. The van der Waals surface area contributed by atoms with Crippen LogP contribution in [0.2, 0.25) is 0 Å². The summed E-state index contributed by atoms with van der Waals surface area (Å²) in [6, 6.07) is 6.27. The Balaban J connectivity index is 2.13. The van der Waals surface area contributed by atoms with E-state index in [1.54, 1.807) is 7.11 Å². The largest absolute Gasteiger partial charge is 0.496 e. The van der Waals surface area contributed by atoms with Crippen LogP contribution in [0.3, 0.4) is 0 Å². The molecule has 0 N–H and O–H groups in total. The summed E-state index contributed by atoms with van der Waals surface area (Å²) >= 11 is 7.36. The number of halogens is 2. The van der Waals surface area contributed by atoms with Gasteiger partial charge < -0.3 is 4.74 Å². The highest BCUT2D eigenvalue weighted by atomic mass is 79.9. The number of methoxy groups -OCH3 is 1. The van der Waals surface area contributed by atoms with Crippen molar-refractivity contribution in [2.24, 2.45) is 5.92 Å². The van der Waals surface area contributed by atoms with E-state index in [4.69, 9.17) is 4.74 Å². The second-order valence-electron chi connectivity index (χ2n) is 4.72. The molecule has 2 unspecified atom stereocenters. The Morgan fingerprint density at radius 3 is 2.76 bits per heavy atom. The van der Waals surface area contributed by atoms with Gasteiger partial charge in [0, 0.05) is 9.30 Å². The summed E-state index contributed by atoms with van der Waals surface area (Å²) < 4.78 is 6.58. The number of rotatable bonds is 3. The van der Waals surface area contributed by atoms with Crippen molar-refractivity contribution in [1.82, 2.24) is 0 Å². The summed E-state index contributed by atoms with van der Waals surface area (Å²) in [4.78, 5) is 0.667. The molecule has 3 heteroatoms. The Morgan fingerprint density at radius 1 is 1.29 bits per heavy atom. The minimum absolute atomic E-state index is 0.667. The van der Waals surface area contributed by atoms with Crippen LogP contribution < -0.4 is 4.74 Å². The fourth-order valence-electron chi connectivity index (χ4n) is 2.58. The molecular weight excluding hydrogens is 344 g/mol. The highest BCUT2D eigenvalue weighted by molar-refractivity contribution is 9.10. The summed E-state index contributed by atoms with van der Waals surface area (Å²) in [6.45, 7) is 0. The van der Waals surface area contributed by atoms with Gasteiger partial charge in [0.15, 0.2) is 0 Å². The first-order chi connectivity index (χ1) is 8.20. The van der Waals surface area contributed by atoms with E-state index in [0.717, 1.165) is 22.6 Å². The molecule has 0 aromatic heterocycles. The molecule has 0 heterocycles. The van der Waals surface area contributed by atoms with Crippen LogP contribution >= 0.6 is 31.9 Å². The van der Waals surface area contributed by atoms with Crippen molar-refractivity contribution >= 4 is 31.9 Å². The Hall–Kier alpha value is -0.0200. The average molecular weight is 362 g/mol. The predicted octanol–water partition coefficient (Wildman–Crippen LogP) is 4.95. The zero-order valence-corrected chi connectivity index (χ0v) is 13.3. The van der Waals surface area contributed by atoms with Gasteiger partial charge in [-0.25, -0.2) is 0 Å². The number of benzene rings is 1. The maximum absolute atomic E-state index is 5.44. The van der Waals surface area contributed by atoms with Crippen molar-refractivity contribution in [3.63, 3.8) is 0 Å². The van der Waals surface area contributed by atoms with Crippen LogP contribution in [-0.4, -0.2) is 11.9 Å². The van der Waals surface area contributed by atoms with Crippen LogP contribution in [0.25, 0.3) is 0 Å². The van der Waals surface area contributed by atoms with E-state index in [-0.39, 0.29) is 0 Å². The quantitative estimate of drug-likeness (QED) is 0.692. The van der Waals surface area contributed by atoms with E-state index in [1.807, 2.05) is 12.1 Å². The van der Waals surface area contributed by atoms with Gasteiger partial charge in [-0.1, -0.05) is 44.7 Å². The maximum Gasteiger partial charge on any atom is 0.122 e. The lowest BCUT2D eigenvalue weighted by Gasteiger charge is -2.27. The molecule has 1 fully saturated rings. The van der Waals surface area contributed by atoms with Crippen molar-refractivity contribution in [2.75, 3.05) is 7.11 Å². The van der Waals surface area contributed by atoms with Crippen molar-refractivity contribution in [2.45, 2.75) is 36.9 Å². The monoisotopic (exact) mass is 360 g/mol. The molecule has 0 amide bonds. The van der Waals surface area contributed by atoms with Crippen molar-refractivity contribution < 1.29 is 4.74 Å². The van der Waals surface area contributed by atoms with Gasteiger partial charge in [0.2, 0.25) is 0 Å². The second kappa shape index (κ2) is 6.24. The van der Waals surface area contributed by atoms with Crippen LogP contribution in [-0.2, 0) is 6.42 Å². The van der Waals surface area contributed by atoms with Crippen LogP contribution in [0, 0.1) is 5.92 Å². The SMILES string of the molecule is COc1ccc(Br)cc1CC1CCCCC1Br. The van der Waals surface area contributed by atoms with Crippen LogP contribution in [0.4, 0.5) is 0 Å². The Labute approximate surface area is 120 Å². The van der Waals surface area contributed by atoms with Gasteiger partial charge in [-0.3, -0.25) is 0 Å². The minimum Gasteiger partial charge on any atom is -0.496 e. The molecule has 1 saturated carbocycles. The second-order valence-corrected chi connectivity index (χ2v) is 6.81. The van der Waals surface area contributed by atoms with Crippen molar-refractivity contribution in [3.05, 3.63) is 28.2 Å². The molecule has 1 aromatic rings. The van der Waals surface area contributed by atoms with Crippen LogP contribution in [0.5, 0.6) is 5.75 Å². The molecule has 2 rings (SSSR count). The molecule has 1 aromatic carbocycles. The molecule has 17 heavy (non-hydrogen) atoms. The molecule has 1 nitrogen and oxygen atoms in total. The number of hydrogen-bond acceptors (Lipinski definition) is 1. The number of hydrogen-bond donors (Lipinski definition) is 0. The fourth-order valence-corrected chi connectivity index (χ4v) is 3.76. The minimum atomic E-state index is 0.667. The average Bonchev–Trinajstić information content (AvgIpc) is 2.32. The highest BCUT2D eigenvalue weighted by Gasteiger charge is 2.23. The van der Waals surface area contributed by atoms with E-state index in [2.05, 4.69) is 37.9 Å². The third-order valence-electron chi connectivity index (χ3n) is 3.54. The lowest BCUT2D eigenvalue weighted by Crippen LogP contribution is -2.21. The Bertz CT molecular complexity index is 378. The smallest absolute Gasteiger partial charge is 0.122 e. The van der Waals surface area contributed by atoms with Gasteiger partial charge in [0.05, 0.1) is 7.11 Å². The third kappa shape index (κ3) is 3.47. The van der Waals surface area contributed by atoms with E-state index in [0.29, 0.717) is 4.83 Å². The van der Waals surface area contributed by atoms with Gasteiger partial charge in [-0.15, -0.1) is 0 Å². The Morgan fingerprint density at radius 2 is 2.06 bits per heavy atom. The molecular formula is C14H18Br2O. The molecule has 1 aliphatic rings. The lowest BCUT2D eigenvalue weighted by atomic mass is 9.84. The molecule has 0 radical (unpaired) electrons. The number of alkyl halides is 1. The van der Waals surface area contributed by atoms with Crippen molar-refractivity contribution in [3.8, 4) is 5.75 Å². The van der Waals surface area contributed by atoms with Crippen molar-refractivity contribution in [1.29, 1.82) is 0 Å². The first-order valence-corrected chi connectivity index (χ1v) is 7.88. The summed E-state index contributed by atoms with van der Waals surface area (Å²) in [6.07, 6.45) is 6.47. The zero-order chi connectivity index (χ0) is 12.3. The molecule has 2 atom stereocenters. The van der Waals surface area contributed by atoms with Gasteiger partial charge in [-0.05, 0) is 48.9 Å². The highest BCUT2D eigenvalue weighted by Crippen LogP contribution is 2.35. The van der Waals surface area contributed by atoms with Gasteiger partial charge in [-0.2, -0.15) is 0 Å². The van der Waals surface area contributed by atoms with Gasteiger partial charge in [0.1, 0.15) is 5.75 Å². The van der Waals surface area contributed by atoms with E-state index in [9.17, 15) is 0 Å². The topological polar surface area (TPSA) is 9.23 Å². The molecule has 0 spiro atoms. The predicted molar refractivity (Wildman–Crippen MR) is 79.1 cm³/mol. The van der Waals surface area contributed by atoms with E-state index >= 15 is 0 Å². The summed E-state index contributed by atoms with van der Waals surface area (Å²) in [7, 11) is 1.75. The summed E-state index contributed by atoms with van der Waals surface area (Å²) in [5.41, 5.74) is 1.32. The standard InChI is InChI=1S/C14H18Br2O/c1-17-14-7-6-12(15)9-11(14)8-10-4-2-3-5-13(10)16/h6-7,9-10,13H,2-5,8H2,1H3. The first kappa shape index (κ1) is 13.4. The fraction of sp³-hybridized carbons (Fsp3) is 0.571. The first-order valence-electron chi connectivity index (χ1n) is 6.17. The zero-order valence-electron chi connectivity index (χ0n) is 10.1. The molecule has 0 saturated heterocycles. The maximum atomic E-state index is 5.44. The Kier molecular flexibility index (Phi) is 4.92. The van der Waals surface area contributed by atoms with E-state index < -0.39 is 0 Å². The van der Waals surface area contributed by atoms with Crippen LogP contribution in [0.1, 0.15) is 31.2 Å². The third-order valence-corrected chi connectivity index (χ3v) is 5.24. The molecule has 94 valence electrons. The van der Waals surface area contributed by atoms with Gasteiger partial charge in [0.25, 0.3) is 0 Å². The van der Waals surface area contributed by atoms with Gasteiger partial charge >= 0.3 is 0 Å². The number of ether oxygens (including phenoxy) is 1. The molecule has 0 aliphatic heterocycles. The molecule has 1 aliphatic carbocycles. The summed E-state index contributed by atoms with van der Waals surface area (Å²) in [5, 5.41) is 0. The van der Waals surface area contributed by atoms with Crippen LogP contribution in [0.15, 0.2) is 22.7 Å².